The predicted octanol–water partition coefficient (Wildman–Crippen LogP) is 3.65. The normalized spacial score (nSPS) is 14.8. The van der Waals surface area contributed by atoms with E-state index in [-0.39, 0.29) is 12.6 Å². The quantitative estimate of drug-likeness (QED) is 0.792. The molecule has 2 unspecified atom stereocenters. The SMILES string of the molecule is CC(CCO)CNC(c1ccccc1Cl)C(C)C. The van der Waals surface area contributed by atoms with Crippen molar-refractivity contribution < 1.29 is 5.11 Å². The lowest BCUT2D eigenvalue weighted by atomic mass is 9.95. The number of aliphatic hydroxyl groups excluding tert-OH is 1. The Kier molecular flexibility index (Phi) is 6.69. The van der Waals surface area contributed by atoms with E-state index in [0.717, 1.165) is 23.6 Å². The first kappa shape index (κ1) is 15.5. The summed E-state index contributed by atoms with van der Waals surface area (Å²) in [7, 11) is 0. The minimum atomic E-state index is 0.251. The average Bonchev–Trinajstić information content (AvgIpc) is 2.31. The highest BCUT2D eigenvalue weighted by Gasteiger charge is 2.18. The second kappa shape index (κ2) is 7.78. The fraction of sp³-hybridized carbons (Fsp3) is 0.600. The fourth-order valence-electron chi connectivity index (χ4n) is 2.08. The Morgan fingerprint density at radius 1 is 1.22 bits per heavy atom. The maximum absolute atomic E-state index is 8.92. The maximum Gasteiger partial charge on any atom is 0.0453 e. The van der Waals surface area contributed by atoms with Gasteiger partial charge in [0.05, 0.1) is 0 Å². The lowest BCUT2D eigenvalue weighted by Gasteiger charge is -2.25. The Balaban J connectivity index is 2.69. The van der Waals surface area contributed by atoms with Crippen molar-refractivity contribution >= 4 is 11.6 Å². The highest BCUT2D eigenvalue weighted by Crippen LogP contribution is 2.28. The summed E-state index contributed by atoms with van der Waals surface area (Å²) in [5.41, 5.74) is 1.16. The zero-order valence-electron chi connectivity index (χ0n) is 11.5. The largest absolute Gasteiger partial charge is 0.396 e. The fourth-order valence-corrected chi connectivity index (χ4v) is 2.34. The number of nitrogens with one attached hydrogen (secondary N) is 1. The van der Waals surface area contributed by atoms with Crippen molar-refractivity contribution in [2.24, 2.45) is 11.8 Å². The van der Waals surface area contributed by atoms with E-state index in [1.54, 1.807) is 0 Å². The topological polar surface area (TPSA) is 32.3 Å². The first-order valence-electron chi connectivity index (χ1n) is 6.65. The summed E-state index contributed by atoms with van der Waals surface area (Å²) in [4.78, 5) is 0. The Morgan fingerprint density at radius 2 is 1.89 bits per heavy atom. The van der Waals surface area contributed by atoms with Crippen LogP contribution in [0.15, 0.2) is 24.3 Å². The van der Waals surface area contributed by atoms with Crippen molar-refractivity contribution in [3.05, 3.63) is 34.9 Å². The van der Waals surface area contributed by atoms with Crippen LogP contribution in [0.5, 0.6) is 0 Å². The number of hydrogen-bond donors (Lipinski definition) is 2. The Morgan fingerprint density at radius 3 is 2.44 bits per heavy atom. The summed E-state index contributed by atoms with van der Waals surface area (Å²) < 4.78 is 0. The molecule has 2 N–H and O–H groups in total. The predicted molar refractivity (Wildman–Crippen MR) is 77.9 cm³/mol. The van der Waals surface area contributed by atoms with E-state index in [9.17, 15) is 0 Å². The van der Waals surface area contributed by atoms with E-state index in [1.165, 1.54) is 0 Å². The van der Waals surface area contributed by atoms with E-state index in [4.69, 9.17) is 16.7 Å². The molecule has 0 spiro atoms. The van der Waals surface area contributed by atoms with Crippen molar-refractivity contribution in [2.75, 3.05) is 13.2 Å². The minimum absolute atomic E-state index is 0.251. The van der Waals surface area contributed by atoms with Crippen molar-refractivity contribution in [2.45, 2.75) is 33.2 Å². The maximum atomic E-state index is 8.92. The lowest BCUT2D eigenvalue weighted by Crippen LogP contribution is -2.30. The van der Waals surface area contributed by atoms with Gasteiger partial charge in [0.1, 0.15) is 0 Å². The van der Waals surface area contributed by atoms with Crippen LogP contribution in [-0.2, 0) is 0 Å². The molecule has 0 aliphatic rings. The summed E-state index contributed by atoms with van der Waals surface area (Å²) in [5.74, 6) is 0.949. The van der Waals surface area contributed by atoms with Crippen LogP contribution in [0.1, 0.15) is 38.8 Å². The Labute approximate surface area is 115 Å². The monoisotopic (exact) mass is 269 g/mol. The van der Waals surface area contributed by atoms with Gasteiger partial charge in [-0.2, -0.15) is 0 Å². The van der Waals surface area contributed by atoms with Crippen molar-refractivity contribution in [1.29, 1.82) is 0 Å². The number of rotatable bonds is 7. The molecule has 102 valence electrons. The number of benzene rings is 1. The third-order valence-corrected chi connectivity index (χ3v) is 3.56. The molecular weight excluding hydrogens is 246 g/mol. The molecule has 0 saturated carbocycles. The molecule has 2 nitrogen and oxygen atoms in total. The summed E-state index contributed by atoms with van der Waals surface area (Å²) in [6.07, 6.45) is 0.834. The highest BCUT2D eigenvalue weighted by molar-refractivity contribution is 6.31. The van der Waals surface area contributed by atoms with Gasteiger partial charge in [-0.1, -0.05) is 50.6 Å². The van der Waals surface area contributed by atoms with Crippen LogP contribution in [0.2, 0.25) is 5.02 Å². The summed E-state index contributed by atoms with van der Waals surface area (Å²) in [5, 5.41) is 13.3. The second-order valence-electron chi connectivity index (χ2n) is 5.27. The van der Waals surface area contributed by atoms with Crippen molar-refractivity contribution in [1.82, 2.24) is 5.32 Å². The summed E-state index contributed by atoms with van der Waals surface area (Å²) in [6, 6.07) is 8.26. The van der Waals surface area contributed by atoms with Gasteiger partial charge < -0.3 is 10.4 Å². The van der Waals surface area contributed by atoms with Gasteiger partial charge in [0.2, 0.25) is 0 Å². The van der Waals surface area contributed by atoms with Crippen LogP contribution in [0.25, 0.3) is 0 Å². The molecule has 2 atom stereocenters. The van der Waals surface area contributed by atoms with Crippen LogP contribution in [0, 0.1) is 11.8 Å². The highest BCUT2D eigenvalue weighted by atomic mass is 35.5. The molecule has 0 aliphatic carbocycles. The van der Waals surface area contributed by atoms with E-state index in [0.29, 0.717) is 11.8 Å². The van der Waals surface area contributed by atoms with Gasteiger partial charge in [0.25, 0.3) is 0 Å². The molecule has 0 aliphatic heterocycles. The van der Waals surface area contributed by atoms with Gasteiger partial charge in [-0.3, -0.25) is 0 Å². The van der Waals surface area contributed by atoms with Crippen LogP contribution in [0.4, 0.5) is 0 Å². The third-order valence-electron chi connectivity index (χ3n) is 3.22. The van der Waals surface area contributed by atoms with Gasteiger partial charge in [-0.25, -0.2) is 0 Å². The molecule has 1 aromatic carbocycles. The van der Waals surface area contributed by atoms with E-state index in [2.05, 4.69) is 32.2 Å². The molecule has 1 aromatic rings. The van der Waals surface area contributed by atoms with Crippen LogP contribution >= 0.6 is 11.6 Å². The number of hydrogen-bond acceptors (Lipinski definition) is 2. The van der Waals surface area contributed by atoms with Crippen LogP contribution in [0.3, 0.4) is 0 Å². The smallest absolute Gasteiger partial charge is 0.0453 e. The molecule has 1 rings (SSSR count). The molecule has 0 aromatic heterocycles. The van der Waals surface area contributed by atoms with E-state index >= 15 is 0 Å². The molecule has 0 bridgehead atoms. The summed E-state index contributed by atoms with van der Waals surface area (Å²) >= 11 is 6.26. The molecule has 0 heterocycles. The third kappa shape index (κ3) is 4.60. The number of halogens is 1. The van der Waals surface area contributed by atoms with Gasteiger partial charge >= 0.3 is 0 Å². The Bertz CT molecular complexity index is 354. The zero-order chi connectivity index (χ0) is 13.5. The molecule has 0 saturated heterocycles. The molecule has 18 heavy (non-hydrogen) atoms. The summed E-state index contributed by atoms with van der Waals surface area (Å²) in [6.45, 7) is 7.68. The first-order valence-corrected chi connectivity index (χ1v) is 7.02. The van der Waals surface area contributed by atoms with Gasteiger partial charge in [0.15, 0.2) is 0 Å². The second-order valence-corrected chi connectivity index (χ2v) is 5.68. The van der Waals surface area contributed by atoms with Gasteiger partial charge in [-0.15, -0.1) is 0 Å². The van der Waals surface area contributed by atoms with Crippen molar-refractivity contribution in [3.8, 4) is 0 Å². The first-order chi connectivity index (χ1) is 8.56. The molecule has 0 radical (unpaired) electrons. The standard InChI is InChI=1S/C15H24ClNO/c1-11(2)15(17-10-12(3)8-9-18)13-6-4-5-7-14(13)16/h4-7,11-12,15,17-18H,8-10H2,1-3H3. The Hall–Kier alpha value is -0.570. The van der Waals surface area contributed by atoms with Crippen LogP contribution < -0.4 is 5.32 Å². The molecule has 0 fully saturated rings. The van der Waals surface area contributed by atoms with E-state index < -0.39 is 0 Å². The number of aliphatic hydroxyl groups is 1. The molecule has 3 heteroatoms. The zero-order valence-corrected chi connectivity index (χ0v) is 12.2. The minimum Gasteiger partial charge on any atom is -0.396 e. The van der Waals surface area contributed by atoms with Gasteiger partial charge in [-0.05, 0) is 36.4 Å². The average molecular weight is 270 g/mol. The molecular formula is C15H24ClNO. The molecule has 0 amide bonds. The lowest BCUT2D eigenvalue weighted by molar-refractivity contribution is 0.254. The van der Waals surface area contributed by atoms with E-state index in [1.807, 2.05) is 18.2 Å². The van der Waals surface area contributed by atoms with Crippen LogP contribution in [-0.4, -0.2) is 18.3 Å². The van der Waals surface area contributed by atoms with Gasteiger partial charge in [0, 0.05) is 17.7 Å². The van der Waals surface area contributed by atoms with Crippen molar-refractivity contribution in [3.63, 3.8) is 0 Å².